The zero-order chi connectivity index (χ0) is 26.9. The van der Waals surface area contributed by atoms with Crippen molar-refractivity contribution in [3.8, 4) is 11.5 Å². The smallest absolute Gasteiger partial charge is 0.340 e. The Balaban J connectivity index is 1.33. The highest BCUT2D eigenvalue weighted by atomic mass is 19.1. The number of anilines is 2. The highest BCUT2D eigenvalue weighted by Crippen LogP contribution is 2.30. The molecule has 1 atom stereocenters. The summed E-state index contributed by atoms with van der Waals surface area (Å²) in [7, 11) is 1.19. The molecule has 0 aliphatic carbocycles. The molecule has 200 valence electrons. The number of piperidine rings is 1. The molecular weight excluding hydrogens is 491 g/mol. The van der Waals surface area contributed by atoms with Crippen molar-refractivity contribution < 1.29 is 28.2 Å². The van der Waals surface area contributed by atoms with Crippen LogP contribution < -0.4 is 19.7 Å². The molecule has 2 aromatic carbocycles. The molecule has 0 saturated carbocycles. The van der Waals surface area contributed by atoms with Crippen LogP contribution in [0.4, 0.5) is 16.0 Å². The van der Waals surface area contributed by atoms with Gasteiger partial charge in [0, 0.05) is 13.0 Å². The average molecular weight is 523 g/mol. The maximum absolute atomic E-state index is 14.1. The molecule has 0 bridgehead atoms. The fraction of sp³-hybridized carbons (Fsp3) is 0.357. The van der Waals surface area contributed by atoms with Gasteiger partial charge in [0.25, 0.3) is 0 Å². The van der Waals surface area contributed by atoms with Crippen LogP contribution in [0.25, 0.3) is 0 Å². The Morgan fingerprint density at radius 1 is 1.16 bits per heavy atom. The second kappa shape index (κ2) is 12.8. The molecular formula is C28H31FN4O5. The summed E-state index contributed by atoms with van der Waals surface area (Å²) in [5.41, 5.74) is 0.451. The van der Waals surface area contributed by atoms with E-state index in [-0.39, 0.29) is 24.0 Å². The molecule has 1 saturated heterocycles. The van der Waals surface area contributed by atoms with E-state index in [4.69, 9.17) is 9.47 Å². The first-order valence-electron chi connectivity index (χ1n) is 12.6. The topological polar surface area (TPSA) is 103 Å². The number of rotatable bonds is 10. The summed E-state index contributed by atoms with van der Waals surface area (Å²) in [6.07, 6.45) is 5.34. The largest absolute Gasteiger partial charge is 0.490 e. The number of carbonyl (C=O) groups is 2. The monoisotopic (exact) mass is 522 g/mol. The summed E-state index contributed by atoms with van der Waals surface area (Å²) in [4.78, 5) is 35.0. The van der Waals surface area contributed by atoms with Gasteiger partial charge >= 0.3 is 5.97 Å². The maximum atomic E-state index is 14.1. The van der Waals surface area contributed by atoms with E-state index < -0.39 is 11.8 Å². The zero-order valence-corrected chi connectivity index (χ0v) is 21.5. The van der Waals surface area contributed by atoms with Crippen molar-refractivity contribution in [2.75, 3.05) is 37.0 Å². The third kappa shape index (κ3) is 6.96. The van der Waals surface area contributed by atoms with Crippen molar-refractivity contribution in [3.05, 3.63) is 71.8 Å². The SMILES string of the molecule is CCOc1ccccc1OC1CCCN(c2cncc(NC(=O)CCc3ccc(C(=O)OC)c(F)c3)n2)C1. The third-order valence-electron chi connectivity index (χ3n) is 6.11. The molecule has 0 radical (unpaired) electrons. The number of para-hydroxylation sites is 2. The van der Waals surface area contributed by atoms with Gasteiger partial charge < -0.3 is 24.4 Å². The first-order chi connectivity index (χ1) is 18.5. The van der Waals surface area contributed by atoms with E-state index in [9.17, 15) is 14.0 Å². The van der Waals surface area contributed by atoms with Gasteiger partial charge in [-0.1, -0.05) is 18.2 Å². The van der Waals surface area contributed by atoms with E-state index in [1.54, 1.807) is 12.3 Å². The van der Waals surface area contributed by atoms with Crippen LogP contribution in [0.2, 0.25) is 0 Å². The van der Waals surface area contributed by atoms with Gasteiger partial charge in [-0.25, -0.2) is 14.2 Å². The molecule has 3 aromatic rings. The van der Waals surface area contributed by atoms with Crippen molar-refractivity contribution in [3.63, 3.8) is 0 Å². The van der Waals surface area contributed by atoms with E-state index in [0.717, 1.165) is 25.1 Å². The van der Waals surface area contributed by atoms with Gasteiger partial charge in [0.15, 0.2) is 17.3 Å². The summed E-state index contributed by atoms with van der Waals surface area (Å²) in [6.45, 7) is 3.92. The maximum Gasteiger partial charge on any atom is 0.340 e. The molecule has 38 heavy (non-hydrogen) atoms. The number of hydrogen-bond donors (Lipinski definition) is 1. The molecule has 1 aliphatic rings. The first kappa shape index (κ1) is 26.8. The van der Waals surface area contributed by atoms with Gasteiger partial charge in [-0.2, -0.15) is 0 Å². The van der Waals surface area contributed by atoms with Crippen LogP contribution in [0.1, 0.15) is 42.1 Å². The van der Waals surface area contributed by atoms with E-state index >= 15 is 0 Å². The summed E-state index contributed by atoms with van der Waals surface area (Å²) in [5.74, 6) is 0.720. The summed E-state index contributed by atoms with van der Waals surface area (Å²) < 4.78 is 30.6. The number of aryl methyl sites for hydroxylation is 1. The minimum Gasteiger partial charge on any atom is -0.490 e. The number of hydrogen-bond acceptors (Lipinski definition) is 8. The van der Waals surface area contributed by atoms with Crippen LogP contribution in [0.3, 0.4) is 0 Å². The Morgan fingerprint density at radius 2 is 1.97 bits per heavy atom. The van der Waals surface area contributed by atoms with Gasteiger partial charge in [-0.05, 0) is 56.0 Å². The molecule has 1 aromatic heterocycles. The van der Waals surface area contributed by atoms with Crippen molar-refractivity contribution in [2.45, 2.75) is 38.7 Å². The van der Waals surface area contributed by atoms with Crippen LogP contribution in [0.5, 0.6) is 11.5 Å². The lowest BCUT2D eigenvalue weighted by atomic mass is 10.1. The molecule has 10 heteroatoms. The number of halogens is 1. The third-order valence-corrected chi connectivity index (χ3v) is 6.11. The Labute approximate surface area is 220 Å². The second-order valence-corrected chi connectivity index (χ2v) is 8.82. The second-order valence-electron chi connectivity index (χ2n) is 8.82. The molecule has 2 heterocycles. The number of methoxy groups -OCH3 is 1. The molecule has 0 spiro atoms. The van der Waals surface area contributed by atoms with Gasteiger partial charge in [0.1, 0.15) is 17.7 Å². The zero-order valence-electron chi connectivity index (χ0n) is 21.5. The van der Waals surface area contributed by atoms with E-state index in [0.29, 0.717) is 42.5 Å². The molecule has 9 nitrogen and oxygen atoms in total. The molecule has 1 N–H and O–H groups in total. The summed E-state index contributed by atoms with van der Waals surface area (Å²) in [6, 6.07) is 11.8. The van der Waals surface area contributed by atoms with Gasteiger partial charge in [-0.3, -0.25) is 9.78 Å². The average Bonchev–Trinajstić information content (AvgIpc) is 2.93. The lowest BCUT2D eigenvalue weighted by Crippen LogP contribution is -2.41. The van der Waals surface area contributed by atoms with Crippen LogP contribution in [-0.4, -0.2) is 54.8 Å². The fourth-order valence-corrected chi connectivity index (χ4v) is 4.27. The number of nitrogens with zero attached hydrogens (tertiary/aromatic N) is 3. The Hall–Kier alpha value is -4.21. The quantitative estimate of drug-likeness (QED) is 0.391. The normalized spacial score (nSPS) is 15.0. The van der Waals surface area contributed by atoms with Crippen molar-refractivity contribution in [1.82, 2.24) is 9.97 Å². The summed E-state index contributed by atoms with van der Waals surface area (Å²) in [5, 5.41) is 2.76. The van der Waals surface area contributed by atoms with E-state index in [2.05, 4.69) is 24.9 Å². The van der Waals surface area contributed by atoms with Crippen LogP contribution in [-0.2, 0) is 16.0 Å². The number of nitrogens with one attached hydrogen (secondary N) is 1. The lowest BCUT2D eigenvalue weighted by Gasteiger charge is -2.33. The standard InChI is InChI=1S/C28H31FN4O5/c1-3-37-23-8-4-5-9-24(23)38-20-7-6-14-33(18-20)26-17-30-16-25(31-26)32-27(34)13-11-19-10-12-21(22(29)15-19)28(35)36-2/h4-5,8-10,12,15-17,20H,3,6-7,11,13-14,18H2,1-2H3,(H,31,32,34). The van der Waals surface area contributed by atoms with Gasteiger partial charge in [0.05, 0.1) is 38.2 Å². The Morgan fingerprint density at radius 3 is 2.74 bits per heavy atom. The minimum absolute atomic E-state index is 0.0450. The van der Waals surface area contributed by atoms with Gasteiger partial charge in [-0.15, -0.1) is 0 Å². The van der Waals surface area contributed by atoms with Crippen molar-refractivity contribution in [2.24, 2.45) is 0 Å². The van der Waals surface area contributed by atoms with Crippen molar-refractivity contribution >= 4 is 23.5 Å². The Kier molecular flexibility index (Phi) is 9.07. The molecule has 1 fully saturated rings. The molecule has 4 rings (SSSR count). The van der Waals surface area contributed by atoms with Crippen LogP contribution in [0, 0.1) is 5.82 Å². The predicted molar refractivity (Wildman–Crippen MR) is 140 cm³/mol. The Bertz CT molecular complexity index is 1270. The number of aromatic nitrogens is 2. The number of esters is 1. The summed E-state index contributed by atoms with van der Waals surface area (Å²) >= 11 is 0. The molecule has 1 amide bonds. The number of carbonyl (C=O) groups excluding carboxylic acids is 2. The van der Waals surface area contributed by atoms with Crippen LogP contribution in [0.15, 0.2) is 54.9 Å². The molecule has 1 unspecified atom stereocenters. The fourth-order valence-electron chi connectivity index (χ4n) is 4.27. The predicted octanol–water partition coefficient (Wildman–Crippen LogP) is 4.42. The van der Waals surface area contributed by atoms with E-state index in [1.165, 1.54) is 25.4 Å². The number of amides is 1. The molecule has 1 aliphatic heterocycles. The van der Waals surface area contributed by atoms with Crippen molar-refractivity contribution in [1.29, 1.82) is 0 Å². The minimum atomic E-state index is -0.743. The highest BCUT2D eigenvalue weighted by Gasteiger charge is 2.24. The number of ether oxygens (including phenoxy) is 3. The highest BCUT2D eigenvalue weighted by molar-refractivity contribution is 5.90. The number of benzene rings is 2. The van der Waals surface area contributed by atoms with E-state index in [1.807, 2.05) is 31.2 Å². The lowest BCUT2D eigenvalue weighted by molar-refractivity contribution is -0.116. The van der Waals surface area contributed by atoms with Gasteiger partial charge in [0.2, 0.25) is 5.91 Å². The first-order valence-corrected chi connectivity index (χ1v) is 12.6. The van der Waals surface area contributed by atoms with Crippen LogP contribution >= 0.6 is 0 Å².